The van der Waals surface area contributed by atoms with E-state index in [0.717, 1.165) is 18.4 Å². The molecule has 180 valence electrons. The number of nitrogens with one attached hydrogen (secondary N) is 1. The summed E-state index contributed by atoms with van der Waals surface area (Å²) in [7, 11) is 0. The van der Waals surface area contributed by atoms with Gasteiger partial charge in [0.15, 0.2) is 5.82 Å². The van der Waals surface area contributed by atoms with Crippen LogP contribution in [-0.4, -0.2) is 53.1 Å². The van der Waals surface area contributed by atoms with E-state index >= 15 is 0 Å². The number of aromatic nitrogens is 2. The summed E-state index contributed by atoms with van der Waals surface area (Å²) in [4.78, 5) is 29.1. The number of likely N-dealkylation sites (tertiary alicyclic amines) is 1. The maximum atomic E-state index is 13.3. The third-order valence-corrected chi connectivity index (χ3v) is 6.69. The number of halogens is 2. The molecule has 0 aliphatic carbocycles. The Hall–Kier alpha value is -3.72. The number of carbonyl (C=O) groups excluding carboxylic acids is 2. The highest BCUT2D eigenvalue weighted by molar-refractivity contribution is 6.01. The number of piperidine rings is 1. The quantitative estimate of drug-likeness (QED) is 0.607. The van der Waals surface area contributed by atoms with Gasteiger partial charge in [-0.1, -0.05) is 12.1 Å². The number of hydrogen-bond donors (Lipinski definition) is 1. The van der Waals surface area contributed by atoms with Gasteiger partial charge in [0.2, 0.25) is 11.9 Å². The highest BCUT2D eigenvalue weighted by atomic mass is 19.1. The minimum Gasteiger partial charge on any atom is -0.339 e. The Labute approximate surface area is 201 Å². The maximum absolute atomic E-state index is 13.3. The summed E-state index contributed by atoms with van der Waals surface area (Å²) in [6.45, 7) is 2.43. The van der Waals surface area contributed by atoms with Crippen LogP contribution in [0.15, 0.2) is 60.7 Å². The van der Waals surface area contributed by atoms with Gasteiger partial charge in [-0.25, -0.2) is 4.39 Å². The number of nitrogens with zero attached hydrogens (tertiary/aromatic N) is 4. The van der Waals surface area contributed by atoms with E-state index in [1.54, 1.807) is 4.90 Å². The summed E-state index contributed by atoms with van der Waals surface area (Å²) in [5, 5.41) is 10.5. The number of rotatable bonds is 5. The van der Waals surface area contributed by atoms with Crippen molar-refractivity contribution in [1.82, 2.24) is 20.4 Å². The second-order valence-electron chi connectivity index (χ2n) is 8.91. The van der Waals surface area contributed by atoms with Crippen molar-refractivity contribution in [1.29, 1.82) is 0 Å². The number of benzene rings is 2. The zero-order valence-electron chi connectivity index (χ0n) is 19.0. The van der Waals surface area contributed by atoms with Gasteiger partial charge in [-0.2, -0.15) is 4.39 Å². The van der Waals surface area contributed by atoms with Crippen molar-refractivity contribution in [3.05, 3.63) is 83.6 Å². The summed E-state index contributed by atoms with van der Waals surface area (Å²) in [6, 6.07) is 16.0. The van der Waals surface area contributed by atoms with E-state index in [1.165, 1.54) is 41.3 Å². The van der Waals surface area contributed by atoms with Crippen LogP contribution in [0.4, 0.5) is 20.3 Å². The highest BCUT2D eigenvalue weighted by Crippen LogP contribution is 2.32. The zero-order valence-corrected chi connectivity index (χ0v) is 19.0. The highest BCUT2D eigenvalue weighted by Gasteiger charge is 2.32. The molecule has 0 spiro atoms. The Morgan fingerprint density at radius 2 is 1.57 bits per heavy atom. The minimum atomic E-state index is -0.703. The maximum Gasteiger partial charge on any atom is 0.253 e. The Kier molecular flexibility index (Phi) is 6.50. The zero-order chi connectivity index (χ0) is 24.4. The molecule has 3 heterocycles. The molecule has 2 amide bonds. The first kappa shape index (κ1) is 23.0. The lowest BCUT2D eigenvalue weighted by molar-refractivity contribution is -0.123. The van der Waals surface area contributed by atoms with E-state index in [0.29, 0.717) is 37.4 Å². The number of amides is 2. The number of hydrogen-bond acceptors (Lipinski definition) is 5. The van der Waals surface area contributed by atoms with Crippen molar-refractivity contribution in [2.45, 2.75) is 18.8 Å². The molecule has 0 unspecified atom stereocenters. The van der Waals surface area contributed by atoms with Crippen molar-refractivity contribution in [2.75, 3.05) is 31.1 Å². The monoisotopic (exact) mass is 477 g/mol. The van der Waals surface area contributed by atoms with Crippen molar-refractivity contribution in [3.8, 4) is 0 Å². The van der Waals surface area contributed by atoms with E-state index in [9.17, 15) is 18.4 Å². The topological polar surface area (TPSA) is 78.4 Å². The Bertz CT molecular complexity index is 1190. The molecule has 7 nitrogen and oxygen atoms in total. The molecule has 35 heavy (non-hydrogen) atoms. The molecule has 9 heteroatoms. The molecule has 0 radical (unpaired) electrons. The molecule has 0 bridgehead atoms. The molecule has 2 aliphatic heterocycles. The van der Waals surface area contributed by atoms with Crippen molar-refractivity contribution >= 4 is 23.3 Å². The van der Waals surface area contributed by atoms with Crippen LogP contribution in [0.1, 0.15) is 34.7 Å². The summed E-state index contributed by atoms with van der Waals surface area (Å²) >= 11 is 0. The first-order chi connectivity index (χ1) is 17.0. The summed E-state index contributed by atoms with van der Waals surface area (Å²) < 4.78 is 26.5. The molecule has 1 aromatic heterocycles. The average molecular weight is 478 g/mol. The Balaban J connectivity index is 1.28. The summed E-state index contributed by atoms with van der Waals surface area (Å²) in [5.41, 5.74) is 2.27. The van der Waals surface area contributed by atoms with Crippen LogP contribution < -0.4 is 10.2 Å². The van der Waals surface area contributed by atoms with Gasteiger partial charge in [0, 0.05) is 31.7 Å². The molecule has 2 aromatic carbocycles. The molecule has 0 saturated carbocycles. The van der Waals surface area contributed by atoms with Gasteiger partial charge in [0.05, 0.1) is 11.6 Å². The third kappa shape index (κ3) is 4.90. The fourth-order valence-electron chi connectivity index (χ4n) is 4.53. The van der Waals surface area contributed by atoms with Crippen LogP contribution >= 0.6 is 0 Å². The molecule has 2 fully saturated rings. The van der Waals surface area contributed by atoms with Gasteiger partial charge in [0.1, 0.15) is 5.82 Å². The molecule has 0 atom stereocenters. The van der Waals surface area contributed by atoms with Gasteiger partial charge in [-0.05, 0) is 72.9 Å². The second-order valence-corrected chi connectivity index (χ2v) is 8.91. The van der Waals surface area contributed by atoms with Crippen molar-refractivity contribution < 1.29 is 18.4 Å². The molecule has 2 saturated heterocycles. The van der Waals surface area contributed by atoms with Crippen molar-refractivity contribution in [3.63, 3.8) is 0 Å². The van der Waals surface area contributed by atoms with Gasteiger partial charge in [-0.3, -0.25) is 14.5 Å². The van der Waals surface area contributed by atoms with Crippen LogP contribution in [0.25, 0.3) is 0 Å². The van der Waals surface area contributed by atoms with Gasteiger partial charge in [0.25, 0.3) is 5.91 Å². The van der Waals surface area contributed by atoms with E-state index in [2.05, 4.69) is 15.5 Å². The molecular formula is C26H25F2N5O2. The minimum absolute atomic E-state index is 0.0844. The predicted molar refractivity (Wildman–Crippen MR) is 126 cm³/mol. The Morgan fingerprint density at radius 1 is 0.886 bits per heavy atom. The average Bonchev–Trinajstić information content (AvgIpc) is 2.85. The normalized spacial score (nSPS) is 16.6. The third-order valence-electron chi connectivity index (χ3n) is 6.69. The van der Waals surface area contributed by atoms with Crippen LogP contribution in [0.3, 0.4) is 0 Å². The number of carbonyl (C=O) groups is 2. The van der Waals surface area contributed by atoms with Gasteiger partial charge < -0.3 is 10.2 Å². The fourth-order valence-corrected chi connectivity index (χ4v) is 4.53. The van der Waals surface area contributed by atoms with Crippen molar-refractivity contribution in [2.24, 2.45) is 5.92 Å². The van der Waals surface area contributed by atoms with Crippen LogP contribution in [0.5, 0.6) is 0 Å². The largest absolute Gasteiger partial charge is 0.339 e. The first-order valence-corrected chi connectivity index (χ1v) is 11.7. The second kappa shape index (κ2) is 9.87. The number of anilines is 2. The van der Waals surface area contributed by atoms with Crippen LogP contribution in [0.2, 0.25) is 0 Å². The summed E-state index contributed by atoms with van der Waals surface area (Å²) in [6.07, 6.45) is 1.62. The standard InChI is InChI=1S/C26H25F2N5O2/c27-21-5-1-19(2-6-21)25(34)32-13-11-18(12-14-32)17-3-7-22(8-4-17)33(26(35)20-15-29-16-20)24-10-9-23(28)30-31-24/h1-10,18,20,29H,11-16H2. The molecule has 1 N–H and O–H groups in total. The SMILES string of the molecule is O=C(c1ccc(F)cc1)N1CCC(c2ccc(N(C(=O)C3CNC3)c3ccc(F)nn3)cc2)CC1. The lowest BCUT2D eigenvalue weighted by Crippen LogP contribution is -2.51. The lowest BCUT2D eigenvalue weighted by Gasteiger charge is -2.33. The molecule has 2 aliphatic rings. The molecule has 3 aromatic rings. The van der Waals surface area contributed by atoms with Crippen LogP contribution in [-0.2, 0) is 4.79 Å². The Morgan fingerprint density at radius 3 is 2.14 bits per heavy atom. The lowest BCUT2D eigenvalue weighted by atomic mass is 9.89. The van der Waals surface area contributed by atoms with Gasteiger partial charge >= 0.3 is 0 Å². The predicted octanol–water partition coefficient (Wildman–Crippen LogP) is 3.66. The van der Waals surface area contributed by atoms with E-state index in [1.807, 2.05) is 24.3 Å². The smallest absolute Gasteiger partial charge is 0.253 e. The van der Waals surface area contributed by atoms with E-state index in [4.69, 9.17) is 0 Å². The van der Waals surface area contributed by atoms with E-state index in [-0.39, 0.29) is 35.3 Å². The molecule has 5 rings (SSSR count). The summed E-state index contributed by atoms with van der Waals surface area (Å²) in [5.74, 6) is -0.852. The molecular weight excluding hydrogens is 452 g/mol. The van der Waals surface area contributed by atoms with E-state index < -0.39 is 5.95 Å². The first-order valence-electron chi connectivity index (χ1n) is 11.7. The van der Waals surface area contributed by atoms with Crippen LogP contribution in [0, 0.1) is 17.7 Å². The van der Waals surface area contributed by atoms with Gasteiger partial charge in [-0.15, -0.1) is 10.2 Å². The fraction of sp³-hybridized carbons (Fsp3) is 0.308.